The molecule has 0 heterocycles. The van der Waals surface area contributed by atoms with Crippen molar-refractivity contribution in [3.05, 3.63) is 64.2 Å². The minimum atomic E-state index is -0.461. The van der Waals surface area contributed by atoms with E-state index in [1.807, 2.05) is 37.4 Å². The van der Waals surface area contributed by atoms with Crippen LogP contribution in [0, 0.1) is 10.1 Å². The quantitative estimate of drug-likeness (QED) is 0.337. The minimum Gasteiger partial charge on any atom is -0.375 e. The van der Waals surface area contributed by atoms with Crippen molar-refractivity contribution < 1.29 is 9.72 Å². The molecule has 0 bridgehead atoms. The van der Waals surface area contributed by atoms with Gasteiger partial charge in [0.25, 0.3) is 11.6 Å². The van der Waals surface area contributed by atoms with Crippen molar-refractivity contribution in [2.45, 2.75) is 11.3 Å². The van der Waals surface area contributed by atoms with Crippen LogP contribution in [0.4, 0.5) is 11.4 Å². The van der Waals surface area contributed by atoms with Crippen molar-refractivity contribution in [2.75, 3.05) is 31.3 Å². The van der Waals surface area contributed by atoms with Gasteiger partial charge in [-0.05, 0) is 36.9 Å². The first kappa shape index (κ1) is 18.8. The molecule has 0 aliphatic heterocycles. The van der Waals surface area contributed by atoms with Gasteiger partial charge < -0.3 is 10.2 Å². The molecule has 25 heavy (non-hydrogen) atoms. The van der Waals surface area contributed by atoms with E-state index >= 15 is 0 Å². The Morgan fingerprint density at radius 1 is 1.24 bits per heavy atom. The van der Waals surface area contributed by atoms with E-state index in [0.29, 0.717) is 17.0 Å². The van der Waals surface area contributed by atoms with E-state index < -0.39 is 4.92 Å². The number of hydrogen-bond donors (Lipinski definition) is 1. The summed E-state index contributed by atoms with van der Waals surface area (Å²) >= 11 is 1.29. The van der Waals surface area contributed by atoms with Crippen LogP contribution in [0.5, 0.6) is 0 Å². The second-order valence-electron chi connectivity index (χ2n) is 5.51. The molecule has 132 valence electrons. The number of nitrogens with zero attached hydrogens (tertiary/aromatic N) is 2. The van der Waals surface area contributed by atoms with Crippen LogP contribution in [0.2, 0.25) is 0 Å². The van der Waals surface area contributed by atoms with Crippen LogP contribution >= 0.6 is 11.8 Å². The van der Waals surface area contributed by atoms with Gasteiger partial charge in [-0.3, -0.25) is 14.9 Å². The molecule has 6 nitrogen and oxygen atoms in total. The summed E-state index contributed by atoms with van der Waals surface area (Å²) in [7, 11) is 2.00. The molecule has 0 aliphatic carbocycles. The fourth-order valence-corrected chi connectivity index (χ4v) is 2.95. The van der Waals surface area contributed by atoms with Crippen LogP contribution in [0.15, 0.2) is 53.4 Å². The maximum absolute atomic E-state index is 12.2. The van der Waals surface area contributed by atoms with Gasteiger partial charge in [-0.1, -0.05) is 18.2 Å². The van der Waals surface area contributed by atoms with Gasteiger partial charge in [0.1, 0.15) is 0 Å². The van der Waals surface area contributed by atoms with Gasteiger partial charge in [0.15, 0.2) is 0 Å². The molecule has 0 spiro atoms. The lowest BCUT2D eigenvalue weighted by atomic mass is 10.2. The zero-order chi connectivity index (χ0) is 18.2. The van der Waals surface area contributed by atoms with E-state index in [9.17, 15) is 14.9 Å². The lowest BCUT2D eigenvalue weighted by Crippen LogP contribution is -2.28. The summed E-state index contributed by atoms with van der Waals surface area (Å²) in [5.74, 6) is -0.293. The molecule has 0 atom stereocenters. The van der Waals surface area contributed by atoms with Crippen LogP contribution in [-0.2, 0) is 0 Å². The normalized spacial score (nSPS) is 10.3. The third-order valence-corrected chi connectivity index (χ3v) is 4.58. The van der Waals surface area contributed by atoms with Gasteiger partial charge in [-0.25, -0.2) is 0 Å². The highest BCUT2D eigenvalue weighted by molar-refractivity contribution is 7.98. The van der Waals surface area contributed by atoms with Crippen molar-refractivity contribution in [3.8, 4) is 0 Å². The van der Waals surface area contributed by atoms with E-state index in [2.05, 4.69) is 10.2 Å². The number of anilines is 1. The van der Waals surface area contributed by atoms with E-state index in [1.54, 1.807) is 18.4 Å². The Morgan fingerprint density at radius 3 is 2.60 bits per heavy atom. The molecule has 2 aromatic carbocycles. The molecule has 0 aliphatic rings. The highest BCUT2D eigenvalue weighted by Gasteiger charge is 2.16. The molecule has 7 heteroatoms. The molecule has 1 N–H and O–H groups in total. The number of hydrogen-bond acceptors (Lipinski definition) is 5. The average Bonchev–Trinajstić information content (AvgIpc) is 2.64. The second kappa shape index (κ2) is 9.08. The summed E-state index contributed by atoms with van der Waals surface area (Å²) in [4.78, 5) is 25.5. The zero-order valence-electron chi connectivity index (χ0n) is 14.3. The molecular formula is C18H21N3O3S. The Hall–Kier alpha value is -2.54. The molecule has 0 radical (unpaired) electrons. The summed E-state index contributed by atoms with van der Waals surface area (Å²) < 4.78 is 0. The molecule has 1 amide bonds. The number of amides is 1. The predicted octanol–water partition coefficient (Wildman–Crippen LogP) is 3.57. The van der Waals surface area contributed by atoms with E-state index in [4.69, 9.17) is 0 Å². The Labute approximate surface area is 151 Å². The smallest absolute Gasteiger partial charge is 0.283 e. The van der Waals surface area contributed by atoms with Crippen LogP contribution < -0.4 is 10.2 Å². The largest absolute Gasteiger partial charge is 0.375 e. The van der Waals surface area contributed by atoms with E-state index in [1.165, 1.54) is 17.8 Å². The highest BCUT2D eigenvalue weighted by Crippen LogP contribution is 2.28. The number of para-hydroxylation sites is 1. The maximum Gasteiger partial charge on any atom is 0.283 e. The Morgan fingerprint density at radius 2 is 1.96 bits per heavy atom. The lowest BCUT2D eigenvalue weighted by molar-refractivity contribution is -0.387. The van der Waals surface area contributed by atoms with Crippen LogP contribution in [-0.4, -0.2) is 37.2 Å². The molecule has 2 rings (SSSR count). The van der Waals surface area contributed by atoms with Gasteiger partial charge in [0.2, 0.25) is 0 Å². The number of nitro groups is 1. The fourth-order valence-electron chi connectivity index (χ4n) is 2.41. The lowest BCUT2D eigenvalue weighted by Gasteiger charge is -2.19. The molecule has 0 unspecified atom stereocenters. The van der Waals surface area contributed by atoms with Crippen molar-refractivity contribution in [1.29, 1.82) is 0 Å². The number of carbonyl (C=O) groups is 1. The maximum atomic E-state index is 12.2. The topological polar surface area (TPSA) is 75.5 Å². The Bertz CT molecular complexity index is 738. The number of nitrogens with one attached hydrogen (secondary N) is 1. The van der Waals surface area contributed by atoms with E-state index in [-0.39, 0.29) is 11.6 Å². The first-order valence-corrected chi connectivity index (χ1v) is 9.12. The van der Waals surface area contributed by atoms with E-state index in [0.717, 1.165) is 18.7 Å². The second-order valence-corrected chi connectivity index (χ2v) is 6.36. The zero-order valence-corrected chi connectivity index (χ0v) is 15.1. The number of rotatable bonds is 8. The molecule has 0 saturated heterocycles. The Kier molecular flexibility index (Phi) is 6.82. The van der Waals surface area contributed by atoms with Gasteiger partial charge >= 0.3 is 0 Å². The van der Waals surface area contributed by atoms with Crippen LogP contribution in [0.25, 0.3) is 0 Å². The molecule has 0 saturated carbocycles. The standard InChI is InChI=1S/C18H21N3O3S/c1-20(15-7-4-3-5-8-15)12-6-11-19-18(22)14-9-10-17(25-2)16(13-14)21(23)24/h3-5,7-10,13H,6,11-12H2,1-2H3,(H,19,22). The van der Waals surface area contributed by atoms with Gasteiger partial charge in [-0.2, -0.15) is 0 Å². The molecular weight excluding hydrogens is 338 g/mol. The van der Waals surface area contributed by atoms with Crippen molar-refractivity contribution in [2.24, 2.45) is 0 Å². The third-order valence-electron chi connectivity index (χ3n) is 3.79. The number of thioether (sulfide) groups is 1. The summed E-state index contributed by atoms with van der Waals surface area (Å²) in [6.07, 6.45) is 2.55. The predicted molar refractivity (Wildman–Crippen MR) is 102 cm³/mol. The monoisotopic (exact) mass is 359 g/mol. The van der Waals surface area contributed by atoms with Gasteiger partial charge in [0, 0.05) is 37.5 Å². The first-order chi connectivity index (χ1) is 12.0. The SMILES string of the molecule is CSc1ccc(C(=O)NCCCN(C)c2ccccc2)cc1[N+](=O)[O-]. The van der Waals surface area contributed by atoms with Crippen molar-refractivity contribution in [1.82, 2.24) is 5.32 Å². The molecule has 0 aromatic heterocycles. The Balaban J connectivity index is 1.86. The number of carbonyl (C=O) groups excluding carboxylic acids is 1. The van der Waals surface area contributed by atoms with Crippen molar-refractivity contribution >= 4 is 29.0 Å². The fraction of sp³-hybridized carbons (Fsp3) is 0.278. The highest BCUT2D eigenvalue weighted by atomic mass is 32.2. The molecule has 2 aromatic rings. The average molecular weight is 359 g/mol. The van der Waals surface area contributed by atoms with Gasteiger partial charge in [0.05, 0.1) is 9.82 Å². The summed E-state index contributed by atoms with van der Waals surface area (Å²) in [6.45, 7) is 1.31. The number of nitro benzene ring substituents is 1. The van der Waals surface area contributed by atoms with Crippen LogP contribution in [0.1, 0.15) is 16.8 Å². The van der Waals surface area contributed by atoms with Gasteiger partial charge in [-0.15, -0.1) is 11.8 Å². The van der Waals surface area contributed by atoms with Crippen molar-refractivity contribution in [3.63, 3.8) is 0 Å². The molecule has 0 fully saturated rings. The number of benzene rings is 2. The summed E-state index contributed by atoms with van der Waals surface area (Å²) in [6, 6.07) is 14.6. The summed E-state index contributed by atoms with van der Waals surface area (Å²) in [5.41, 5.74) is 1.39. The van der Waals surface area contributed by atoms with Crippen LogP contribution in [0.3, 0.4) is 0 Å². The summed E-state index contributed by atoms with van der Waals surface area (Å²) in [5, 5.41) is 13.9. The third kappa shape index (κ3) is 5.22. The first-order valence-electron chi connectivity index (χ1n) is 7.89. The minimum absolute atomic E-state index is 0.0380.